The number of methoxy groups -OCH3 is 1. The molecule has 8 heteroatoms. The zero-order valence-electron chi connectivity index (χ0n) is 11.4. The summed E-state index contributed by atoms with van der Waals surface area (Å²) in [7, 11) is 3.13. The lowest BCUT2D eigenvalue weighted by Gasteiger charge is -2.31. The fourth-order valence-corrected chi connectivity index (χ4v) is 4.42. The van der Waals surface area contributed by atoms with Crippen molar-refractivity contribution in [3.05, 3.63) is 28.2 Å². The first-order chi connectivity index (χ1) is 9.82. The molecular weight excluding hydrogens is 382 g/mol. The molecule has 1 aliphatic heterocycles. The Labute approximate surface area is 136 Å². The van der Waals surface area contributed by atoms with Crippen molar-refractivity contribution in [1.29, 1.82) is 0 Å². The third-order valence-electron chi connectivity index (χ3n) is 3.50. The maximum atomic E-state index is 12.4. The third kappa shape index (κ3) is 3.97. The first-order valence-corrected chi connectivity index (χ1v) is 9.49. The molecule has 116 valence electrons. The van der Waals surface area contributed by atoms with Crippen LogP contribution in [0.5, 0.6) is 0 Å². The molecule has 0 atom stereocenters. The second kappa shape index (κ2) is 6.64. The Hall–Kier alpha value is -0.630. The van der Waals surface area contributed by atoms with Gasteiger partial charge < -0.3 is 9.64 Å². The lowest BCUT2D eigenvalue weighted by molar-refractivity contribution is 0.0350. The third-order valence-corrected chi connectivity index (χ3v) is 5.82. The highest BCUT2D eigenvalue weighted by molar-refractivity contribution is 9.10. The second-order valence-corrected chi connectivity index (χ2v) is 8.20. The molecule has 0 unspecified atom stereocenters. The van der Waals surface area contributed by atoms with E-state index in [9.17, 15) is 13.2 Å². The van der Waals surface area contributed by atoms with E-state index in [1.165, 1.54) is 12.1 Å². The fraction of sp³-hybridized carbons (Fsp3) is 0.462. The average molecular weight is 397 g/mol. The number of ether oxygens (including phenoxy) is 1. The number of hydrogen-bond acceptors (Lipinski definition) is 4. The predicted molar refractivity (Wildman–Crippen MR) is 83.1 cm³/mol. The quantitative estimate of drug-likeness (QED) is 0.737. The highest BCUT2D eigenvalue weighted by Gasteiger charge is 2.25. The van der Waals surface area contributed by atoms with Gasteiger partial charge in [0, 0.05) is 40.9 Å². The number of halogens is 2. The number of nitrogens with zero attached hydrogens (tertiary/aromatic N) is 1. The normalized spacial score (nSPS) is 17.0. The molecule has 5 nitrogen and oxygen atoms in total. The van der Waals surface area contributed by atoms with Crippen molar-refractivity contribution in [3.8, 4) is 0 Å². The minimum Gasteiger partial charge on any atom is -0.381 e. The van der Waals surface area contributed by atoms with Crippen molar-refractivity contribution in [1.82, 2.24) is 4.90 Å². The standard InChI is InChI=1S/C13H15BrClNO4S/c1-20-10-4-6-16(7-5-10)13(17)9-2-3-11(14)12(8-9)21(15,18)19/h2-3,8,10H,4-7H2,1H3. The number of amides is 1. The van der Waals surface area contributed by atoms with Gasteiger partial charge in [-0.25, -0.2) is 8.42 Å². The molecule has 0 saturated carbocycles. The molecule has 0 radical (unpaired) electrons. The summed E-state index contributed by atoms with van der Waals surface area (Å²) in [6, 6.07) is 4.40. The van der Waals surface area contributed by atoms with Gasteiger partial charge in [0.2, 0.25) is 0 Å². The molecule has 0 aliphatic carbocycles. The summed E-state index contributed by atoms with van der Waals surface area (Å²) in [6.45, 7) is 1.19. The minimum absolute atomic E-state index is 0.0956. The lowest BCUT2D eigenvalue weighted by atomic mass is 10.1. The Kier molecular flexibility index (Phi) is 5.29. The van der Waals surface area contributed by atoms with E-state index in [2.05, 4.69) is 15.9 Å². The van der Waals surface area contributed by atoms with E-state index in [4.69, 9.17) is 15.4 Å². The molecule has 1 fully saturated rings. The Morgan fingerprint density at radius 1 is 1.38 bits per heavy atom. The molecule has 21 heavy (non-hydrogen) atoms. The Morgan fingerprint density at radius 2 is 2.00 bits per heavy atom. The molecule has 0 spiro atoms. The molecule has 0 aromatic heterocycles. The Balaban J connectivity index is 2.21. The van der Waals surface area contributed by atoms with Crippen LogP contribution in [0, 0.1) is 0 Å². The van der Waals surface area contributed by atoms with E-state index >= 15 is 0 Å². The SMILES string of the molecule is COC1CCN(C(=O)c2ccc(Br)c(S(=O)(=O)Cl)c2)CC1. The number of benzene rings is 1. The summed E-state index contributed by atoms with van der Waals surface area (Å²) in [5, 5.41) is 0. The van der Waals surface area contributed by atoms with Crippen LogP contribution in [-0.2, 0) is 13.8 Å². The molecule has 1 saturated heterocycles. The van der Waals surface area contributed by atoms with Crippen LogP contribution in [-0.4, -0.2) is 45.5 Å². The van der Waals surface area contributed by atoms with E-state index in [1.54, 1.807) is 18.1 Å². The number of carbonyl (C=O) groups excluding carboxylic acids is 1. The Bertz CT molecular complexity index is 642. The topological polar surface area (TPSA) is 63.7 Å². The van der Waals surface area contributed by atoms with E-state index in [-0.39, 0.29) is 16.9 Å². The first-order valence-electron chi connectivity index (χ1n) is 6.39. The highest BCUT2D eigenvalue weighted by atomic mass is 79.9. The molecule has 2 rings (SSSR count). The number of piperidine rings is 1. The molecule has 1 aliphatic rings. The summed E-state index contributed by atoms with van der Waals surface area (Å²) >= 11 is 3.12. The number of rotatable bonds is 3. The molecule has 1 aromatic carbocycles. The summed E-state index contributed by atoms with van der Waals surface area (Å²) in [6.07, 6.45) is 1.73. The van der Waals surface area contributed by atoms with Crippen LogP contribution in [0.2, 0.25) is 0 Å². The van der Waals surface area contributed by atoms with Crippen molar-refractivity contribution in [2.45, 2.75) is 23.8 Å². The second-order valence-electron chi connectivity index (χ2n) is 4.81. The lowest BCUT2D eigenvalue weighted by Crippen LogP contribution is -2.40. The van der Waals surface area contributed by atoms with Gasteiger partial charge in [-0.3, -0.25) is 4.79 Å². The first kappa shape index (κ1) is 16.7. The zero-order chi connectivity index (χ0) is 15.6. The number of carbonyl (C=O) groups is 1. The van der Waals surface area contributed by atoms with Crippen LogP contribution in [0.15, 0.2) is 27.6 Å². The molecule has 1 amide bonds. The van der Waals surface area contributed by atoms with E-state index in [0.717, 1.165) is 12.8 Å². The van der Waals surface area contributed by atoms with Gasteiger partial charge in [-0.05, 0) is 47.0 Å². The number of hydrogen-bond donors (Lipinski definition) is 0. The van der Waals surface area contributed by atoms with Gasteiger partial charge in [-0.1, -0.05) is 0 Å². The van der Waals surface area contributed by atoms with Crippen molar-refractivity contribution in [2.75, 3.05) is 20.2 Å². The van der Waals surface area contributed by atoms with Crippen molar-refractivity contribution in [3.63, 3.8) is 0 Å². The van der Waals surface area contributed by atoms with E-state index in [1.807, 2.05) is 0 Å². The fourth-order valence-electron chi connectivity index (χ4n) is 2.30. The molecule has 0 bridgehead atoms. The zero-order valence-corrected chi connectivity index (χ0v) is 14.5. The van der Waals surface area contributed by atoms with Gasteiger partial charge in [0.05, 0.1) is 11.0 Å². The highest BCUT2D eigenvalue weighted by Crippen LogP contribution is 2.27. The summed E-state index contributed by atoms with van der Waals surface area (Å²) < 4.78 is 28.6. The van der Waals surface area contributed by atoms with Crippen molar-refractivity contribution in [2.24, 2.45) is 0 Å². The van der Waals surface area contributed by atoms with Gasteiger partial charge in [0.15, 0.2) is 0 Å². The predicted octanol–water partition coefficient (Wildman–Crippen LogP) is 2.63. The number of likely N-dealkylation sites (tertiary alicyclic amines) is 1. The van der Waals surface area contributed by atoms with Crippen molar-refractivity contribution >= 4 is 41.6 Å². The molecule has 0 N–H and O–H groups in total. The molecule has 1 heterocycles. The Morgan fingerprint density at radius 3 is 2.52 bits per heavy atom. The summed E-state index contributed by atoms with van der Waals surface area (Å²) in [5.41, 5.74) is 0.313. The van der Waals surface area contributed by atoms with E-state index in [0.29, 0.717) is 23.1 Å². The summed E-state index contributed by atoms with van der Waals surface area (Å²) in [5.74, 6) is -0.196. The maximum absolute atomic E-state index is 12.4. The monoisotopic (exact) mass is 395 g/mol. The maximum Gasteiger partial charge on any atom is 0.262 e. The van der Waals surface area contributed by atoms with Gasteiger partial charge in [-0.15, -0.1) is 0 Å². The smallest absolute Gasteiger partial charge is 0.262 e. The van der Waals surface area contributed by atoms with Crippen LogP contribution in [0.4, 0.5) is 0 Å². The van der Waals surface area contributed by atoms with Crippen LogP contribution < -0.4 is 0 Å². The van der Waals surface area contributed by atoms with Gasteiger partial charge in [0.25, 0.3) is 15.0 Å². The van der Waals surface area contributed by atoms with Gasteiger partial charge in [-0.2, -0.15) is 0 Å². The van der Waals surface area contributed by atoms with Gasteiger partial charge >= 0.3 is 0 Å². The molecule has 1 aromatic rings. The van der Waals surface area contributed by atoms with Crippen LogP contribution in [0.1, 0.15) is 23.2 Å². The van der Waals surface area contributed by atoms with Crippen LogP contribution >= 0.6 is 26.6 Å². The van der Waals surface area contributed by atoms with Gasteiger partial charge in [0.1, 0.15) is 0 Å². The van der Waals surface area contributed by atoms with E-state index < -0.39 is 9.05 Å². The largest absolute Gasteiger partial charge is 0.381 e. The van der Waals surface area contributed by atoms with Crippen molar-refractivity contribution < 1.29 is 17.9 Å². The minimum atomic E-state index is -3.90. The summed E-state index contributed by atoms with van der Waals surface area (Å²) in [4.78, 5) is 14.0. The average Bonchev–Trinajstić information content (AvgIpc) is 2.46. The van der Waals surface area contributed by atoms with Crippen LogP contribution in [0.3, 0.4) is 0 Å². The van der Waals surface area contributed by atoms with Crippen LogP contribution in [0.25, 0.3) is 0 Å². The molecular formula is C13H15BrClNO4S.